The lowest BCUT2D eigenvalue weighted by Gasteiger charge is -2.22. The van der Waals surface area contributed by atoms with Crippen molar-refractivity contribution in [3.05, 3.63) is 0 Å². The van der Waals surface area contributed by atoms with E-state index in [2.05, 4.69) is 27.3 Å². The minimum atomic E-state index is -3.10. The molecule has 0 spiro atoms. The van der Waals surface area contributed by atoms with Crippen LogP contribution in [0.15, 0.2) is 0 Å². The van der Waals surface area contributed by atoms with E-state index >= 15 is 0 Å². The second kappa shape index (κ2) is 7.03. The quantitative estimate of drug-likeness (QED) is 0.448. The van der Waals surface area contributed by atoms with Crippen LogP contribution in [0, 0.1) is 0 Å². The van der Waals surface area contributed by atoms with E-state index in [0.717, 1.165) is 17.3 Å². The molecule has 0 aliphatic carbocycles. The summed E-state index contributed by atoms with van der Waals surface area (Å²) in [5.41, 5.74) is 0. The highest BCUT2D eigenvalue weighted by Crippen LogP contribution is 2.14. The van der Waals surface area contributed by atoms with Crippen LogP contribution in [0.4, 0.5) is 0 Å². The maximum atomic E-state index is 11.8. The van der Waals surface area contributed by atoms with Gasteiger partial charge in [-0.15, -0.1) is 0 Å². The van der Waals surface area contributed by atoms with Crippen LogP contribution in [0.2, 0.25) is 0 Å². The summed E-state index contributed by atoms with van der Waals surface area (Å²) in [4.78, 5) is 0. The van der Waals surface area contributed by atoms with Gasteiger partial charge in [0.25, 0.3) is 0 Å². The van der Waals surface area contributed by atoms with Gasteiger partial charge in [-0.1, -0.05) is 22.6 Å². The average Bonchev–Trinajstić information content (AvgIpc) is 2.26. The summed E-state index contributed by atoms with van der Waals surface area (Å²) < 4.78 is 32.5. The Morgan fingerprint density at radius 3 is 2.53 bits per heavy atom. The van der Waals surface area contributed by atoms with E-state index in [9.17, 15) is 8.42 Å². The van der Waals surface area contributed by atoms with Gasteiger partial charge < -0.3 is 4.74 Å². The highest BCUT2D eigenvalue weighted by molar-refractivity contribution is 14.1. The lowest BCUT2D eigenvalue weighted by atomic mass is 10.2. The fourth-order valence-corrected chi connectivity index (χ4v) is 3.56. The lowest BCUT2D eigenvalue weighted by Crippen LogP contribution is -2.38. The summed E-state index contributed by atoms with van der Waals surface area (Å²) >= 11 is 2.30. The molecule has 0 aromatic carbocycles. The number of sulfonamides is 1. The monoisotopic (exact) mass is 347 g/mol. The molecule has 6 heteroatoms. The van der Waals surface area contributed by atoms with Gasteiger partial charge >= 0.3 is 0 Å². The Hall–Kier alpha value is 0.600. The molecule has 1 saturated heterocycles. The Morgan fingerprint density at radius 2 is 1.93 bits per heavy atom. The van der Waals surface area contributed by atoms with Gasteiger partial charge in [-0.25, -0.2) is 13.1 Å². The number of ether oxygens (including phenoxy) is 1. The third-order valence-electron chi connectivity index (χ3n) is 2.47. The zero-order valence-electron chi connectivity index (χ0n) is 8.75. The second-order valence-electron chi connectivity index (χ2n) is 3.65. The van der Waals surface area contributed by atoms with Gasteiger partial charge in [-0.2, -0.15) is 0 Å². The van der Waals surface area contributed by atoms with E-state index in [1.807, 2.05) is 0 Å². The molecular weight excluding hydrogens is 329 g/mol. The smallest absolute Gasteiger partial charge is 0.214 e. The molecule has 1 aliphatic rings. The summed E-state index contributed by atoms with van der Waals surface area (Å²) in [6.07, 6.45) is 3.24. The standard InChI is InChI=1S/C9H18INO3S/c10-5-1-2-6-11-15(12,13)9-3-7-14-8-4-9/h9,11H,1-8H2. The van der Waals surface area contributed by atoms with Crippen molar-refractivity contribution in [2.45, 2.75) is 30.9 Å². The predicted octanol–water partition coefficient (Wildman–Crippen LogP) is 1.30. The van der Waals surface area contributed by atoms with Crippen molar-refractivity contribution < 1.29 is 13.2 Å². The topological polar surface area (TPSA) is 55.4 Å². The van der Waals surface area contributed by atoms with Crippen LogP contribution in [0.1, 0.15) is 25.7 Å². The molecule has 0 atom stereocenters. The van der Waals surface area contributed by atoms with Gasteiger partial charge in [-0.3, -0.25) is 0 Å². The lowest BCUT2D eigenvalue weighted by molar-refractivity contribution is 0.0981. The van der Waals surface area contributed by atoms with Crippen molar-refractivity contribution >= 4 is 32.6 Å². The highest BCUT2D eigenvalue weighted by Gasteiger charge is 2.26. The Labute approximate surface area is 105 Å². The second-order valence-corrected chi connectivity index (χ2v) is 6.77. The molecule has 0 radical (unpaired) electrons. The molecule has 0 aromatic heterocycles. The molecule has 0 bridgehead atoms. The molecule has 0 aromatic rings. The van der Waals surface area contributed by atoms with Crippen LogP contribution in [0.5, 0.6) is 0 Å². The zero-order chi connectivity index (χ0) is 11.1. The van der Waals surface area contributed by atoms with E-state index in [1.165, 1.54) is 0 Å². The molecule has 1 N–H and O–H groups in total. The number of rotatable bonds is 6. The van der Waals surface area contributed by atoms with E-state index < -0.39 is 10.0 Å². The van der Waals surface area contributed by atoms with Gasteiger partial charge in [-0.05, 0) is 30.1 Å². The maximum absolute atomic E-state index is 11.8. The molecule has 90 valence electrons. The SMILES string of the molecule is O=S(=O)(NCCCCI)C1CCOCC1. The molecule has 0 unspecified atom stereocenters. The maximum Gasteiger partial charge on any atom is 0.214 e. The van der Waals surface area contributed by atoms with Gasteiger partial charge in [0.05, 0.1) is 5.25 Å². The van der Waals surface area contributed by atoms with Gasteiger partial charge in [0.2, 0.25) is 10.0 Å². The number of hydrogen-bond donors (Lipinski definition) is 1. The van der Waals surface area contributed by atoms with Crippen LogP contribution in [0.25, 0.3) is 0 Å². The van der Waals surface area contributed by atoms with Gasteiger partial charge in [0.15, 0.2) is 0 Å². The van der Waals surface area contributed by atoms with Crippen LogP contribution < -0.4 is 4.72 Å². The Kier molecular flexibility index (Phi) is 6.40. The third kappa shape index (κ3) is 4.97. The van der Waals surface area contributed by atoms with E-state index in [-0.39, 0.29) is 5.25 Å². The minimum Gasteiger partial charge on any atom is -0.381 e. The van der Waals surface area contributed by atoms with Crippen LogP contribution in [-0.2, 0) is 14.8 Å². The Bertz CT molecular complexity index is 263. The fraction of sp³-hybridized carbons (Fsp3) is 1.00. The van der Waals surface area contributed by atoms with Crippen LogP contribution in [-0.4, -0.2) is 37.9 Å². The average molecular weight is 347 g/mol. The number of nitrogens with one attached hydrogen (secondary N) is 1. The number of halogens is 1. The van der Waals surface area contributed by atoms with Gasteiger partial charge in [0, 0.05) is 19.8 Å². The molecule has 1 aliphatic heterocycles. The number of hydrogen-bond acceptors (Lipinski definition) is 3. The number of alkyl halides is 1. The first-order chi connectivity index (χ1) is 7.17. The molecule has 1 rings (SSSR count). The molecule has 1 fully saturated rings. The van der Waals surface area contributed by atoms with Crippen molar-refractivity contribution in [1.82, 2.24) is 4.72 Å². The molecule has 0 amide bonds. The summed E-state index contributed by atoms with van der Waals surface area (Å²) in [5, 5.41) is -0.245. The molecule has 1 heterocycles. The van der Waals surface area contributed by atoms with Crippen molar-refractivity contribution in [2.75, 3.05) is 24.2 Å². The first-order valence-electron chi connectivity index (χ1n) is 5.29. The van der Waals surface area contributed by atoms with Crippen molar-refractivity contribution in [3.63, 3.8) is 0 Å². The summed E-state index contributed by atoms with van der Waals surface area (Å²) in [6, 6.07) is 0. The molecule has 0 saturated carbocycles. The molecule has 15 heavy (non-hydrogen) atoms. The van der Waals surface area contributed by atoms with Crippen LogP contribution >= 0.6 is 22.6 Å². The largest absolute Gasteiger partial charge is 0.381 e. The van der Waals surface area contributed by atoms with E-state index in [4.69, 9.17) is 4.74 Å². The highest BCUT2D eigenvalue weighted by atomic mass is 127. The summed E-state index contributed by atoms with van der Waals surface area (Å²) in [5.74, 6) is 0. The number of unbranched alkanes of at least 4 members (excludes halogenated alkanes) is 1. The first kappa shape index (κ1) is 13.7. The van der Waals surface area contributed by atoms with Crippen molar-refractivity contribution in [1.29, 1.82) is 0 Å². The molecular formula is C9H18INO3S. The van der Waals surface area contributed by atoms with Crippen LogP contribution in [0.3, 0.4) is 0 Å². The predicted molar refractivity (Wildman–Crippen MR) is 68.9 cm³/mol. The van der Waals surface area contributed by atoms with E-state index in [1.54, 1.807) is 0 Å². The van der Waals surface area contributed by atoms with Gasteiger partial charge in [0.1, 0.15) is 0 Å². The summed E-state index contributed by atoms with van der Waals surface area (Å²) in [6.45, 7) is 1.71. The minimum absolute atomic E-state index is 0.245. The van der Waals surface area contributed by atoms with Crippen molar-refractivity contribution in [2.24, 2.45) is 0 Å². The Balaban J connectivity index is 2.30. The Morgan fingerprint density at radius 1 is 1.27 bits per heavy atom. The zero-order valence-corrected chi connectivity index (χ0v) is 11.7. The first-order valence-corrected chi connectivity index (χ1v) is 8.36. The van der Waals surface area contributed by atoms with Crippen molar-refractivity contribution in [3.8, 4) is 0 Å². The summed E-state index contributed by atoms with van der Waals surface area (Å²) in [7, 11) is -3.10. The molecule has 4 nitrogen and oxygen atoms in total. The third-order valence-corrected chi connectivity index (χ3v) is 5.19. The normalized spacial score (nSPS) is 19.3. The fourth-order valence-electron chi connectivity index (χ4n) is 1.54. The van der Waals surface area contributed by atoms with E-state index in [0.29, 0.717) is 32.6 Å².